The fourth-order valence-corrected chi connectivity index (χ4v) is 2.54. The van der Waals surface area contributed by atoms with E-state index in [4.69, 9.17) is 0 Å². The minimum atomic E-state index is -0.784. The minimum Gasteiger partial charge on any atom is -0.388 e. The number of carbonyl (C=O) groups excluding carboxylic acids is 1. The lowest BCUT2D eigenvalue weighted by atomic mass is 9.80. The van der Waals surface area contributed by atoms with Crippen LogP contribution in [0.25, 0.3) is 0 Å². The molecule has 0 bridgehead atoms. The predicted octanol–water partition coefficient (Wildman–Crippen LogP) is 0.936. The average molecular weight is 313 g/mol. The Hall–Kier alpha value is -2.47. The Morgan fingerprint density at radius 3 is 2.61 bits per heavy atom. The summed E-state index contributed by atoms with van der Waals surface area (Å²) in [5.41, 5.74) is 0.0589. The number of aliphatic hydroxyl groups is 1. The van der Waals surface area contributed by atoms with Gasteiger partial charge in [0.25, 0.3) is 11.5 Å². The van der Waals surface area contributed by atoms with Crippen LogP contribution in [0.15, 0.2) is 47.3 Å². The highest BCUT2D eigenvalue weighted by molar-refractivity contribution is 5.92. The molecule has 0 radical (unpaired) electrons. The summed E-state index contributed by atoms with van der Waals surface area (Å²) >= 11 is 0. The molecule has 1 aromatic carbocycles. The molecule has 3 rings (SSSR count). The molecule has 120 valence electrons. The number of hydrogen-bond donors (Lipinski definition) is 2. The Labute approximate surface area is 133 Å². The molecule has 1 aliphatic carbocycles. The summed E-state index contributed by atoms with van der Waals surface area (Å²) in [6.45, 7) is 0.524. The first-order valence-electron chi connectivity index (χ1n) is 7.68. The van der Waals surface area contributed by atoms with Gasteiger partial charge < -0.3 is 10.4 Å². The number of rotatable bonds is 5. The standard InChI is InChI=1S/C17H19N3O3/c21-15-8-7-14(16(22)18-12-17(23)9-4-10-17)19-20(15)11-13-5-2-1-3-6-13/h1-3,5-8,23H,4,9-12H2,(H,18,22). The molecule has 0 atom stereocenters. The largest absolute Gasteiger partial charge is 0.388 e. The summed E-state index contributed by atoms with van der Waals surface area (Å²) in [6.07, 6.45) is 2.38. The fraction of sp³-hybridized carbons (Fsp3) is 0.353. The van der Waals surface area contributed by atoms with E-state index in [0.29, 0.717) is 19.4 Å². The van der Waals surface area contributed by atoms with Crippen LogP contribution in [0.5, 0.6) is 0 Å². The topological polar surface area (TPSA) is 84.2 Å². The summed E-state index contributed by atoms with van der Waals surface area (Å²) in [7, 11) is 0. The van der Waals surface area contributed by atoms with Gasteiger partial charge in [0.1, 0.15) is 5.69 Å². The van der Waals surface area contributed by atoms with Gasteiger partial charge in [-0.25, -0.2) is 4.68 Å². The van der Waals surface area contributed by atoms with E-state index in [1.807, 2.05) is 30.3 Å². The normalized spacial score (nSPS) is 15.7. The lowest BCUT2D eigenvalue weighted by Crippen LogP contribution is -2.48. The molecule has 0 aliphatic heterocycles. The Balaban J connectivity index is 1.71. The van der Waals surface area contributed by atoms with Gasteiger partial charge in [-0.2, -0.15) is 5.10 Å². The Morgan fingerprint density at radius 2 is 1.96 bits per heavy atom. The van der Waals surface area contributed by atoms with E-state index in [1.54, 1.807) is 0 Å². The maximum absolute atomic E-state index is 12.1. The van der Waals surface area contributed by atoms with Crippen molar-refractivity contribution in [3.63, 3.8) is 0 Å². The van der Waals surface area contributed by atoms with Gasteiger partial charge in [0.15, 0.2) is 0 Å². The summed E-state index contributed by atoms with van der Waals surface area (Å²) in [5.74, 6) is -0.382. The van der Waals surface area contributed by atoms with Crippen molar-refractivity contribution < 1.29 is 9.90 Å². The first-order chi connectivity index (χ1) is 11.1. The van der Waals surface area contributed by atoms with Gasteiger partial charge in [0, 0.05) is 12.6 Å². The molecule has 0 saturated heterocycles. The van der Waals surface area contributed by atoms with Crippen molar-refractivity contribution in [2.75, 3.05) is 6.54 Å². The first-order valence-corrected chi connectivity index (χ1v) is 7.68. The maximum atomic E-state index is 12.1. The van der Waals surface area contributed by atoms with E-state index in [-0.39, 0.29) is 23.7 Å². The number of aromatic nitrogens is 2. The minimum absolute atomic E-state index is 0.170. The van der Waals surface area contributed by atoms with Crippen molar-refractivity contribution in [1.29, 1.82) is 0 Å². The van der Waals surface area contributed by atoms with Gasteiger partial charge in [0.2, 0.25) is 0 Å². The molecule has 1 aliphatic rings. The zero-order valence-corrected chi connectivity index (χ0v) is 12.7. The summed E-state index contributed by atoms with van der Waals surface area (Å²) in [4.78, 5) is 24.0. The van der Waals surface area contributed by atoms with Gasteiger partial charge in [0.05, 0.1) is 12.1 Å². The molecule has 6 heteroatoms. The number of amides is 1. The van der Waals surface area contributed by atoms with Crippen molar-refractivity contribution in [2.24, 2.45) is 0 Å². The third kappa shape index (κ3) is 3.65. The Bertz CT molecular complexity index is 751. The van der Waals surface area contributed by atoms with Crippen molar-refractivity contribution in [2.45, 2.75) is 31.4 Å². The summed E-state index contributed by atoms with van der Waals surface area (Å²) in [5, 5.41) is 16.8. The second kappa shape index (κ2) is 6.34. The van der Waals surface area contributed by atoms with Crippen molar-refractivity contribution in [3.8, 4) is 0 Å². The summed E-state index contributed by atoms with van der Waals surface area (Å²) < 4.78 is 1.27. The lowest BCUT2D eigenvalue weighted by molar-refractivity contribution is -0.0301. The molecule has 23 heavy (non-hydrogen) atoms. The zero-order chi connectivity index (χ0) is 16.3. The van der Waals surface area contributed by atoms with Crippen LogP contribution < -0.4 is 10.9 Å². The molecule has 1 saturated carbocycles. The van der Waals surface area contributed by atoms with E-state index in [1.165, 1.54) is 16.8 Å². The van der Waals surface area contributed by atoms with Gasteiger partial charge in [-0.15, -0.1) is 0 Å². The number of nitrogens with one attached hydrogen (secondary N) is 1. The van der Waals surface area contributed by atoms with Crippen molar-refractivity contribution >= 4 is 5.91 Å². The van der Waals surface area contributed by atoms with E-state index in [2.05, 4.69) is 10.4 Å². The second-order valence-electron chi connectivity index (χ2n) is 5.96. The van der Waals surface area contributed by atoms with E-state index in [9.17, 15) is 14.7 Å². The van der Waals surface area contributed by atoms with Crippen molar-refractivity contribution in [1.82, 2.24) is 15.1 Å². The number of carbonyl (C=O) groups is 1. The third-order valence-corrected chi connectivity index (χ3v) is 4.14. The average Bonchev–Trinajstić information content (AvgIpc) is 2.54. The Kier molecular flexibility index (Phi) is 4.25. The highest BCUT2D eigenvalue weighted by Gasteiger charge is 2.34. The van der Waals surface area contributed by atoms with Gasteiger partial charge in [-0.3, -0.25) is 9.59 Å². The Morgan fingerprint density at radius 1 is 1.22 bits per heavy atom. The monoisotopic (exact) mass is 313 g/mol. The highest BCUT2D eigenvalue weighted by Crippen LogP contribution is 2.30. The molecule has 1 fully saturated rings. The predicted molar refractivity (Wildman–Crippen MR) is 85.2 cm³/mol. The van der Waals surface area contributed by atoms with Crippen molar-refractivity contribution in [3.05, 3.63) is 64.1 Å². The molecule has 1 aromatic heterocycles. The zero-order valence-electron chi connectivity index (χ0n) is 12.7. The molecule has 2 N–H and O–H groups in total. The molecule has 0 unspecified atom stereocenters. The van der Waals surface area contributed by atoms with Crippen LogP contribution >= 0.6 is 0 Å². The van der Waals surface area contributed by atoms with Gasteiger partial charge in [-0.1, -0.05) is 30.3 Å². The smallest absolute Gasteiger partial charge is 0.271 e. The number of nitrogens with zero attached hydrogens (tertiary/aromatic N) is 2. The molecular formula is C17H19N3O3. The fourth-order valence-electron chi connectivity index (χ4n) is 2.54. The number of hydrogen-bond acceptors (Lipinski definition) is 4. The van der Waals surface area contributed by atoms with E-state index in [0.717, 1.165) is 12.0 Å². The molecular weight excluding hydrogens is 294 g/mol. The molecule has 2 aromatic rings. The van der Waals surface area contributed by atoms with Crippen LogP contribution in [-0.2, 0) is 6.54 Å². The quantitative estimate of drug-likeness (QED) is 0.860. The van der Waals surface area contributed by atoms with Crippen LogP contribution in [0.4, 0.5) is 0 Å². The van der Waals surface area contributed by atoms with Gasteiger partial charge >= 0.3 is 0 Å². The van der Waals surface area contributed by atoms with Crippen LogP contribution in [-0.4, -0.2) is 32.9 Å². The third-order valence-electron chi connectivity index (χ3n) is 4.14. The molecule has 0 spiro atoms. The van der Waals surface area contributed by atoms with E-state index < -0.39 is 5.60 Å². The van der Waals surface area contributed by atoms with Crippen LogP contribution in [0, 0.1) is 0 Å². The molecule has 1 heterocycles. The number of benzene rings is 1. The van der Waals surface area contributed by atoms with Crippen LogP contribution in [0.2, 0.25) is 0 Å². The van der Waals surface area contributed by atoms with Crippen LogP contribution in [0.1, 0.15) is 35.3 Å². The van der Waals surface area contributed by atoms with Gasteiger partial charge in [-0.05, 0) is 30.9 Å². The maximum Gasteiger partial charge on any atom is 0.271 e. The highest BCUT2D eigenvalue weighted by atomic mass is 16.3. The van der Waals surface area contributed by atoms with Crippen LogP contribution in [0.3, 0.4) is 0 Å². The van der Waals surface area contributed by atoms with E-state index >= 15 is 0 Å². The molecule has 1 amide bonds. The second-order valence-corrected chi connectivity index (χ2v) is 5.96. The SMILES string of the molecule is O=C(NCC1(O)CCC1)c1ccc(=O)n(Cc2ccccc2)n1. The first kappa shape index (κ1) is 15.4. The molecule has 6 nitrogen and oxygen atoms in total. The summed E-state index contributed by atoms with van der Waals surface area (Å²) in [6, 6.07) is 12.2. The lowest BCUT2D eigenvalue weighted by Gasteiger charge is -2.36.